The lowest BCUT2D eigenvalue weighted by molar-refractivity contribution is 0.523. The Hall–Kier alpha value is -0.960. The van der Waals surface area contributed by atoms with Gasteiger partial charge in [0.1, 0.15) is 5.82 Å². The number of halogens is 1. The smallest absolute Gasteiger partial charge is 0.146 e. The molecule has 1 atom stereocenters. The molecule has 1 unspecified atom stereocenters. The summed E-state index contributed by atoms with van der Waals surface area (Å²) in [7, 11) is 0. The summed E-state index contributed by atoms with van der Waals surface area (Å²) in [6.45, 7) is 7.16. The zero-order chi connectivity index (χ0) is 11.8. The number of nitrogens with zero attached hydrogens (tertiary/aromatic N) is 1. The van der Waals surface area contributed by atoms with Gasteiger partial charge in [0.25, 0.3) is 0 Å². The molecule has 0 aromatic carbocycles. The average Bonchev–Trinajstić information content (AvgIpc) is 2.69. The predicted octanol–water partition coefficient (Wildman–Crippen LogP) is 2.94. The van der Waals surface area contributed by atoms with Crippen molar-refractivity contribution in [3.8, 4) is 0 Å². The van der Waals surface area contributed by atoms with Gasteiger partial charge in [0, 0.05) is 6.20 Å². The molecular formula is C13H19FN2. The van der Waals surface area contributed by atoms with Gasteiger partial charge in [-0.05, 0) is 36.4 Å². The van der Waals surface area contributed by atoms with Crippen LogP contribution in [0.25, 0.3) is 0 Å². The highest BCUT2D eigenvalue weighted by atomic mass is 19.1. The minimum absolute atomic E-state index is 0.0462. The molecule has 1 N–H and O–H groups in total. The lowest BCUT2D eigenvalue weighted by Gasteiger charge is -2.20. The first kappa shape index (κ1) is 11.5. The van der Waals surface area contributed by atoms with Crippen molar-refractivity contribution in [2.75, 3.05) is 6.54 Å². The molecule has 2 nitrogen and oxygen atoms in total. The van der Waals surface area contributed by atoms with Crippen LogP contribution in [0.4, 0.5) is 4.39 Å². The van der Waals surface area contributed by atoms with Gasteiger partial charge in [-0.15, -0.1) is 0 Å². The van der Waals surface area contributed by atoms with Crippen LogP contribution in [0.5, 0.6) is 0 Å². The summed E-state index contributed by atoms with van der Waals surface area (Å²) in [6.07, 6.45) is 3.89. The molecule has 1 aliphatic heterocycles. The summed E-state index contributed by atoms with van der Waals surface area (Å²) in [6, 6.07) is 1.73. The number of hydrogen-bond acceptors (Lipinski definition) is 2. The molecule has 16 heavy (non-hydrogen) atoms. The molecule has 0 bridgehead atoms. The molecule has 1 fully saturated rings. The quantitative estimate of drug-likeness (QED) is 0.790. The van der Waals surface area contributed by atoms with Crippen molar-refractivity contribution in [1.82, 2.24) is 10.3 Å². The summed E-state index contributed by atoms with van der Waals surface area (Å²) in [4.78, 5) is 4.29. The van der Waals surface area contributed by atoms with Crippen LogP contribution in [-0.4, -0.2) is 11.5 Å². The number of hydrogen-bond donors (Lipinski definition) is 1. The molecule has 2 rings (SSSR count). The average molecular weight is 222 g/mol. The van der Waals surface area contributed by atoms with E-state index in [1.807, 2.05) is 0 Å². The zero-order valence-corrected chi connectivity index (χ0v) is 10.2. The largest absolute Gasteiger partial charge is 0.309 e. The summed E-state index contributed by atoms with van der Waals surface area (Å²) in [5.74, 6) is -0.174. The molecule has 2 heterocycles. The fraction of sp³-hybridized carbons (Fsp3) is 0.615. The highest BCUT2D eigenvalue weighted by Crippen LogP contribution is 2.27. The highest BCUT2D eigenvalue weighted by molar-refractivity contribution is 5.24. The lowest BCUT2D eigenvalue weighted by atomic mass is 9.88. The SMILES string of the molecule is CC(C)(C)c1cnc(C2CCCN2)c(F)c1. The summed E-state index contributed by atoms with van der Waals surface area (Å²) in [5, 5.41) is 3.27. The van der Waals surface area contributed by atoms with E-state index < -0.39 is 0 Å². The molecular weight excluding hydrogens is 203 g/mol. The van der Waals surface area contributed by atoms with Gasteiger partial charge in [0.05, 0.1) is 11.7 Å². The van der Waals surface area contributed by atoms with Gasteiger partial charge in [0.2, 0.25) is 0 Å². The van der Waals surface area contributed by atoms with Crippen molar-refractivity contribution in [1.29, 1.82) is 0 Å². The van der Waals surface area contributed by atoms with Gasteiger partial charge in [-0.25, -0.2) is 4.39 Å². The molecule has 0 spiro atoms. The third kappa shape index (κ3) is 2.24. The van der Waals surface area contributed by atoms with Crippen molar-refractivity contribution in [3.05, 3.63) is 29.3 Å². The van der Waals surface area contributed by atoms with Crippen LogP contribution < -0.4 is 5.32 Å². The third-order valence-corrected chi connectivity index (χ3v) is 3.13. The highest BCUT2D eigenvalue weighted by Gasteiger charge is 2.23. The first-order valence-electron chi connectivity index (χ1n) is 5.88. The van der Waals surface area contributed by atoms with Crippen molar-refractivity contribution in [2.45, 2.75) is 45.1 Å². The fourth-order valence-corrected chi connectivity index (χ4v) is 2.03. The Labute approximate surface area is 96.3 Å². The van der Waals surface area contributed by atoms with E-state index in [9.17, 15) is 4.39 Å². The summed E-state index contributed by atoms with van der Waals surface area (Å²) >= 11 is 0. The van der Waals surface area contributed by atoms with Crippen molar-refractivity contribution in [3.63, 3.8) is 0 Å². The minimum Gasteiger partial charge on any atom is -0.309 e. The van der Waals surface area contributed by atoms with Gasteiger partial charge in [0.15, 0.2) is 0 Å². The molecule has 3 heteroatoms. The van der Waals surface area contributed by atoms with E-state index in [4.69, 9.17) is 0 Å². The van der Waals surface area contributed by atoms with Crippen molar-refractivity contribution < 1.29 is 4.39 Å². The normalized spacial score (nSPS) is 21.4. The number of aromatic nitrogens is 1. The van der Waals surface area contributed by atoms with Crippen LogP contribution in [0, 0.1) is 5.82 Å². The number of nitrogens with one attached hydrogen (secondary N) is 1. The Morgan fingerprint density at radius 2 is 2.19 bits per heavy atom. The van der Waals surface area contributed by atoms with Crippen LogP contribution in [0.1, 0.15) is 50.9 Å². The predicted molar refractivity (Wildman–Crippen MR) is 62.9 cm³/mol. The van der Waals surface area contributed by atoms with E-state index >= 15 is 0 Å². The van der Waals surface area contributed by atoms with E-state index in [1.54, 1.807) is 12.3 Å². The van der Waals surface area contributed by atoms with E-state index in [-0.39, 0.29) is 17.3 Å². The van der Waals surface area contributed by atoms with Crippen LogP contribution in [0.15, 0.2) is 12.3 Å². The first-order valence-corrected chi connectivity index (χ1v) is 5.88. The number of rotatable bonds is 1. The molecule has 1 aliphatic rings. The van der Waals surface area contributed by atoms with Crippen LogP contribution >= 0.6 is 0 Å². The Kier molecular flexibility index (Phi) is 2.98. The molecule has 1 aromatic rings. The van der Waals surface area contributed by atoms with Gasteiger partial charge in [-0.1, -0.05) is 20.8 Å². The second-order valence-corrected chi connectivity index (χ2v) is 5.49. The van der Waals surface area contributed by atoms with Gasteiger partial charge in [-0.2, -0.15) is 0 Å². The van der Waals surface area contributed by atoms with Gasteiger partial charge >= 0.3 is 0 Å². The number of pyridine rings is 1. The fourth-order valence-electron chi connectivity index (χ4n) is 2.03. The maximum atomic E-state index is 13.9. The minimum atomic E-state index is -0.174. The van der Waals surface area contributed by atoms with Crippen LogP contribution in [-0.2, 0) is 5.41 Å². The second-order valence-electron chi connectivity index (χ2n) is 5.49. The first-order chi connectivity index (χ1) is 7.48. The van der Waals surface area contributed by atoms with Gasteiger partial charge < -0.3 is 5.32 Å². The molecule has 0 aliphatic carbocycles. The molecule has 0 saturated carbocycles. The Bertz CT molecular complexity index is 376. The van der Waals surface area contributed by atoms with E-state index in [0.717, 1.165) is 24.9 Å². The van der Waals surface area contributed by atoms with Crippen molar-refractivity contribution in [2.24, 2.45) is 0 Å². The standard InChI is InChI=1S/C13H19FN2/c1-13(2,3)9-7-10(14)12(16-8-9)11-5-4-6-15-11/h7-8,11,15H,4-6H2,1-3H3. The van der Waals surface area contributed by atoms with Crippen LogP contribution in [0.2, 0.25) is 0 Å². The van der Waals surface area contributed by atoms with Crippen LogP contribution in [0.3, 0.4) is 0 Å². The second kappa shape index (κ2) is 4.13. The monoisotopic (exact) mass is 222 g/mol. The third-order valence-electron chi connectivity index (χ3n) is 3.13. The maximum Gasteiger partial charge on any atom is 0.146 e. The topological polar surface area (TPSA) is 24.9 Å². The van der Waals surface area contributed by atoms with E-state index in [2.05, 4.69) is 31.1 Å². The van der Waals surface area contributed by atoms with E-state index in [1.165, 1.54) is 0 Å². The van der Waals surface area contributed by atoms with E-state index in [0.29, 0.717) is 5.69 Å². The summed E-state index contributed by atoms with van der Waals surface area (Å²) in [5.41, 5.74) is 1.48. The molecule has 1 saturated heterocycles. The molecule has 0 radical (unpaired) electrons. The Morgan fingerprint density at radius 3 is 2.69 bits per heavy atom. The van der Waals surface area contributed by atoms with Gasteiger partial charge in [-0.3, -0.25) is 4.98 Å². The molecule has 0 amide bonds. The molecule has 1 aromatic heterocycles. The Morgan fingerprint density at radius 1 is 1.44 bits per heavy atom. The zero-order valence-electron chi connectivity index (χ0n) is 10.2. The Balaban J connectivity index is 2.29. The maximum absolute atomic E-state index is 13.9. The van der Waals surface area contributed by atoms with Crippen molar-refractivity contribution >= 4 is 0 Å². The summed E-state index contributed by atoms with van der Waals surface area (Å²) < 4.78 is 13.9. The lowest BCUT2D eigenvalue weighted by Crippen LogP contribution is -2.18. The molecule has 88 valence electrons.